The second kappa shape index (κ2) is 5.71. The maximum Gasteiger partial charge on any atom is 0.0715 e. The van der Waals surface area contributed by atoms with Crippen molar-refractivity contribution in [3.63, 3.8) is 0 Å². The fraction of sp³-hybridized carbons (Fsp3) is 0.538. The summed E-state index contributed by atoms with van der Waals surface area (Å²) >= 11 is 6.30. The Morgan fingerprint density at radius 2 is 2.35 bits per heavy atom. The summed E-state index contributed by atoms with van der Waals surface area (Å²) in [7, 11) is 1.92. The zero-order chi connectivity index (χ0) is 12.3. The lowest BCUT2D eigenvalue weighted by atomic mass is 10.1. The Bertz CT molecular complexity index is 384. The molecule has 1 saturated heterocycles. The largest absolute Gasteiger partial charge is 0.391 e. The van der Waals surface area contributed by atoms with E-state index in [1.807, 2.05) is 19.2 Å². The van der Waals surface area contributed by atoms with Crippen LogP contribution in [0.5, 0.6) is 0 Å². The minimum Gasteiger partial charge on any atom is -0.391 e. The molecule has 2 N–H and O–H groups in total. The first kappa shape index (κ1) is 12.7. The Labute approximate surface area is 107 Å². The number of hydrogen-bond acceptors (Lipinski definition) is 3. The quantitative estimate of drug-likeness (QED) is 0.866. The van der Waals surface area contributed by atoms with Gasteiger partial charge >= 0.3 is 0 Å². The van der Waals surface area contributed by atoms with Crippen LogP contribution in [0.1, 0.15) is 18.4 Å². The third-order valence-corrected chi connectivity index (χ3v) is 3.43. The van der Waals surface area contributed by atoms with Gasteiger partial charge in [-0.25, -0.2) is 0 Å². The number of β-amino-alcohol motifs (C(OH)–C–C–N with tert-alkyl or cyclic N) is 1. The molecule has 94 valence electrons. The molecule has 1 unspecified atom stereocenters. The summed E-state index contributed by atoms with van der Waals surface area (Å²) in [5.74, 6) is 0. The lowest BCUT2D eigenvalue weighted by Gasteiger charge is -2.32. The molecule has 17 heavy (non-hydrogen) atoms. The van der Waals surface area contributed by atoms with Gasteiger partial charge in [0.15, 0.2) is 0 Å². The number of nitrogens with one attached hydrogen (secondary N) is 1. The van der Waals surface area contributed by atoms with Crippen LogP contribution in [-0.4, -0.2) is 31.3 Å². The van der Waals surface area contributed by atoms with Crippen molar-refractivity contribution in [2.45, 2.75) is 25.5 Å². The third kappa shape index (κ3) is 3.12. The van der Waals surface area contributed by atoms with Gasteiger partial charge in [0.25, 0.3) is 0 Å². The molecule has 1 aromatic rings. The van der Waals surface area contributed by atoms with Crippen LogP contribution in [0.15, 0.2) is 18.2 Å². The number of nitrogens with zero attached hydrogens (tertiary/aromatic N) is 1. The van der Waals surface area contributed by atoms with E-state index in [0.717, 1.165) is 36.6 Å². The average Bonchev–Trinajstić information content (AvgIpc) is 2.29. The van der Waals surface area contributed by atoms with Crippen LogP contribution in [0.25, 0.3) is 0 Å². The fourth-order valence-electron chi connectivity index (χ4n) is 2.29. The molecule has 0 amide bonds. The predicted molar refractivity (Wildman–Crippen MR) is 71.7 cm³/mol. The van der Waals surface area contributed by atoms with E-state index in [0.29, 0.717) is 6.54 Å². The molecule has 0 aliphatic carbocycles. The topological polar surface area (TPSA) is 35.5 Å². The predicted octanol–water partition coefficient (Wildman–Crippen LogP) is 2.02. The first-order valence-corrected chi connectivity index (χ1v) is 6.44. The van der Waals surface area contributed by atoms with Crippen LogP contribution >= 0.6 is 11.6 Å². The highest BCUT2D eigenvalue weighted by molar-refractivity contribution is 6.33. The SMILES string of the molecule is CNCc1ccc(N2CCCC(O)C2)c(Cl)c1. The van der Waals surface area contributed by atoms with Gasteiger partial charge in [-0.05, 0) is 37.6 Å². The molecule has 1 fully saturated rings. The highest BCUT2D eigenvalue weighted by Crippen LogP contribution is 2.29. The Hall–Kier alpha value is -0.770. The molecule has 0 aromatic heterocycles. The number of aliphatic hydroxyl groups excluding tert-OH is 1. The van der Waals surface area contributed by atoms with Crippen LogP contribution in [0, 0.1) is 0 Å². The number of rotatable bonds is 3. The van der Waals surface area contributed by atoms with E-state index >= 15 is 0 Å². The Balaban J connectivity index is 2.15. The van der Waals surface area contributed by atoms with Crippen LogP contribution in [0.2, 0.25) is 5.02 Å². The lowest BCUT2D eigenvalue weighted by Crippen LogP contribution is -2.38. The van der Waals surface area contributed by atoms with E-state index in [2.05, 4.69) is 16.3 Å². The molecule has 0 bridgehead atoms. The molecule has 2 rings (SSSR count). The minimum absolute atomic E-state index is 0.225. The number of hydrogen-bond donors (Lipinski definition) is 2. The van der Waals surface area contributed by atoms with E-state index in [1.165, 1.54) is 5.56 Å². The van der Waals surface area contributed by atoms with Gasteiger partial charge in [0.05, 0.1) is 16.8 Å². The van der Waals surface area contributed by atoms with Gasteiger partial charge in [-0.3, -0.25) is 0 Å². The van der Waals surface area contributed by atoms with Crippen molar-refractivity contribution in [3.05, 3.63) is 28.8 Å². The zero-order valence-electron chi connectivity index (χ0n) is 10.1. The second-order valence-corrected chi connectivity index (χ2v) is 4.97. The highest BCUT2D eigenvalue weighted by atomic mass is 35.5. The van der Waals surface area contributed by atoms with Gasteiger partial charge < -0.3 is 15.3 Å². The summed E-state index contributed by atoms with van der Waals surface area (Å²) in [5.41, 5.74) is 2.21. The molecule has 3 nitrogen and oxygen atoms in total. The van der Waals surface area contributed by atoms with Gasteiger partial charge in [-0.1, -0.05) is 17.7 Å². The fourth-order valence-corrected chi connectivity index (χ4v) is 2.62. The smallest absolute Gasteiger partial charge is 0.0715 e. The Morgan fingerprint density at radius 3 is 3.00 bits per heavy atom. The molecule has 0 saturated carbocycles. The number of piperidine rings is 1. The Kier molecular flexibility index (Phi) is 4.26. The summed E-state index contributed by atoms with van der Waals surface area (Å²) in [6.45, 7) is 2.48. The van der Waals surface area contributed by atoms with Gasteiger partial charge in [-0.15, -0.1) is 0 Å². The first-order valence-electron chi connectivity index (χ1n) is 6.06. The van der Waals surface area contributed by atoms with Gasteiger partial charge in [0.1, 0.15) is 0 Å². The molecule has 1 aliphatic rings. The molecular formula is C13H19ClN2O. The maximum atomic E-state index is 9.68. The second-order valence-electron chi connectivity index (χ2n) is 4.56. The molecule has 0 radical (unpaired) electrons. The number of anilines is 1. The van der Waals surface area contributed by atoms with E-state index in [9.17, 15) is 5.11 Å². The third-order valence-electron chi connectivity index (χ3n) is 3.13. The van der Waals surface area contributed by atoms with E-state index in [-0.39, 0.29) is 6.10 Å². The lowest BCUT2D eigenvalue weighted by molar-refractivity contribution is 0.154. The zero-order valence-corrected chi connectivity index (χ0v) is 10.9. The van der Waals surface area contributed by atoms with Crippen molar-refractivity contribution in [1.82, 2.24) is 5.32 Å². The highest BCUT2D eigenvalue weighted by Gasteiger charge is 2.19. The number of aliphatic hydroxyl groups is 1. The van der Waals surface area contributed by atoms with Gasteiger partial charge in [0, 0.05) is 19.6 Å². The van der Waals surface area contributed by atoms with Crippen molar-refractivity contribution in [3.8, 4) is 0 Å². The van der Waals surface area contributed by atoms with Crippen molar-refractivity contribution >= 4 is 17.3 Å². The molecule has 1 heterocycles. The monoisotopic (exact) mass is 254 g/mol. The van der Waals surface area contributed by atoms with Crippen molar-refractivity contribution < 1.29 is 5.11 Å². The summed E-state index contributed by atoms with van der Waals surface area (Å²) in [4.78, 5) is 2.17. The molecule has 1 atom stereocenters. The minimum atomic E-state index is -0.225. The van der Waals surface area contributed by atoms with Crippen molar-refractivity contribution in [1.29, 1.82) is 0 Å². The molecular weight excluding hydrogens is 236 g/mol. The molecule has 1 aromatic carbocycles. The van der Waals surface area contributed by atoms with Crippen LogP contribution in [-0.2, 0) is 6.54 Å². The summed E-state index contributed by atoms with van der Waals surface area (Å²) in [6.07, 6.45) is 1.69. The summed E-state index contributed by atoms with van der Waals surface area (Å²) in [6, 6.07) is 6.13. The van der Waals surface area contributed by atoms with Crippen LogP contribution in [0.4, 0.5) is 5.69 Å². The standard InChI is InChI=1S/C13H19ClN2O/c1-15-8-10-4-5-13(12(14)7-10)16-6-2-3-11(17)9-16/h4-5,7,11,15,17H,2-3,6,8-9H2,1H3. The molecule has 0 spiro atoms. The van der Waals surface area contributed by atoms with E-state index in [1.54, 1.807) is 0 Å². The average molecular weight is 255 g/mol. The van der Waals surface area contributed by atoms with Crippen LogP contribution in [0.3, 0.4) is 0 Å². The van der Waals surface area contributed by atoms with Gasteiger partial charge in [0.2, 0.25) is 0 Å². The Morgan fingerprint density at radius 1 is 1.53 bits per heavy atom. The summed E-state index contributed by atoms with van der Waals surface area (Å²) < 4.78 is 0. The summed E-state index contributed by atoms with van der Waals surface area (Å²) in [5, 5.41) is 13.6. The number of halogens is 1. The van der Waals surface area contributed by atoms with Gasteiger partial charge in [-0.2, -0.15) is 0 Å². The number of benzene rings is 1. The van der Waals surface area contributed by atoms with Crippen LogP contribution < -0.4 is 10.2 Å². The van der Waals surface area contributed by atoms with E-state index in [4.69, 9.17) is 11.6 Å². The van der Waals surface area contributed by atoms with E-state index < -0.39 is 0 Å². The molecule has 4 heteroatoms. The molecule has 1 aliphatic heterocycles. The maximum absolute atomic E-state index is 9.68. The first-order chi connectivity index (χ1) is 8.20. The normalized spacial score (nSPS) is 20.6. The van der Waals surface area contributed by atoms with Crippen molar-refractivity contribution in [2.75, 3.05) is 25.0 Å². The van der Waals surface area contributed by atoms with Crippen molar-refractivity contribution in [2.24, 2.45) is 0 Å².